The van der Waals surface area contributed by atoms with Gasteiger partial charge >= 0.3 is 0 Å². The van der Waals surface area contributed by atoms with Crippen LogP contribution in [0.1, 0.15) is 42.0 Å². The maximum atomic E-state index is 13.1. The summed E-state index contributed by atoms with van der Waals surface area (Å²) in [7, 11) is 0. The highest BCUT2D eigenvalue weighted by Gasteiger charge is 2.39. The number of amides is 1. The van der Waals surface area contributed by atoms with Gasteiger partial charge in [0.05, 0.1) is 24.5 Å². The number of nitrogens with zero attached hydrogens (tertiary/aromatic N) is 4. The van der Waals surface area contributed by atoms with Gasteiger partial charge in [-0.1, -0.05) is 13.3 Å². The van der Waals surface area contributed by atoms with Crippen molar-refractivity contribution < 1.29 is 9.53 Å². The Balaban J connectivity index is 1.77. The van der Waals surface area contributed by atoms with Crippen LogP contribution in [0.2, 0.25) is 0 Å². The van der Waals surface area contributed by atoms with Gasteiger partial charge in [0, 0.05) is 44.5 Å². The number of carbonyl (C=O) groups is 1. The number of aromatic nitrogens is 2. The van der Waals surface area contributed by atoms with Crippen molar-refractivity contribution >= 4 is 5.91 Å². The van der Waals surface area contributed by atoms with Crippen molar-refractivity contribution in [3.05, 3.63) is 17.0 Å². The minimum atomic E-state index is 0.152. The number of likely N-dealkylation sites (tertiary alicyclic amines) is 1. The van der Waals surface area contributed by atoms with Crippen molar-refractivity contribution in [3.63, 3.8) is 0 Å². The molecule has 0 aromatic carbocycles. The Hall–Kier alpha value is -1.40. The molecule has 0 saturated carbocycles. The normalized spacial score (nSPS) is 25.4. The SMILES string of the molecule is CCC1CN(C(=O)c2c(C)nn(CC)c2C)CC1N1CCOCC1. The first kappa shape index (κ1) is 17.4. The predicted molar refractivity (Wildman–Crippen MR) is 93.2 cm³/mol. The monoisotopic (exact) mass is 334 g/mol. The van der Waals surface area contributed by atoms with Gasteiger partial charge in [0.15, 0.2) is 0 Å². The van der Waals surface area contributed by atoms with Gasteiger partial charge in [0.25, 0.3) is 5.91 Å². The Morgan fingerprint density at radius 3 is 2.50 bits per heavy atom. The Morgan fingerprint density at radius 1 is 1.21 bits per heavy atom. The molecule has 1 aromatic rings. The van der Waals surface area contributed by atoms with Crippen LogP contribution >= 0.6 is 0 Å². The van der Waals surface area contributed by atoms with Crippen LogP contribution in [0.15, 0.2) is 0 Å². The molecule has 0 bridgehead atoms. The fourth-order valence-corrected chi connectivity index (χ4v) is 4.22. The Bertz CT molecular complexity index is 592. The predicted octanol–water partition coefficient (Wildman–Crippen LogP) is 1.70. The summed E-state index contributed by atoms with van der Waals surface area (Å²) in [5.74, 6) is 0.702. The van der Waals surface area contributed by atoms with Gasteiger partial charge in [0.1, 0.15) is 0 Å². The number of aryl methyl sites for hydroxylation is 2. The molecule has 2 unspecified atom stereocenters. The van der Waals surface area contributed by atoms with Gasteiger partial charge in [-0.05, 0) is 26.7 Å². The molecule has 6 nitrogen and oxygen atoms in total. The molecule has 1 aromatic heterocycles. The van der Waals surface area contributed by atoms with E-state index in [0.717, 1.165) is 69.3 Å². The lowest BCUT2D eigenvalue weighted by Gasteiger charge is -2.34. The maximum Gasteiger partial charge on any atom is 0.257 e. The molecule has 0 radical (unpaired) electrons. The van der Waals surface area contributed by atoms with Crippen molar-refractivity contribution in [2.45, 2.75) is 46.7 Å². The highest BCUT2D eigenvalue weighted by molar-refractivity contribution is 5.96. The summed E-state index contributed by atoms with van der Waals surface area (Å²) in [6, 6.07) is 0.463. The molecular weight excluding hydrogens is 304 g/mol. The van der Waals surface area contributed by atoms with Crippen LogP contribution in [0, 0.1) is 19.8 Å². The Labute approximate surface area is 144 Å². The van der Waals surface area contributed by atoms with E-state index in [2.05, 4.69) is 23.8 Å². The standard InChI is InChI=1S/C18H30N4O2/c1-5-15-11-21(12-16(15)20-7-9-24-10-8-20)18(23)17-13(3)19-22(6-2)14(17)4/h15-16H,5-12H2,1-4H3. The topological polar surface area (TPSA) is 50.6 Å². The van der Waals surface area contributed by atoms with Crippen LogP contribution in [0.25, 0.3) is 0 Å². The first-order valence-electron chi connectivity index (χ1n) is 9.21. The summed E-state index contributed by atoms with van der Waals surface area (Å²) in [6.45, 7) is 14.3. The van der Waals surface area contributed by atoms with E-state index in [-0.39, 0.29) is 5.91 Å². The van der Waals surface area contributed by atoms with E-state index in [9.17, 15) is 4.79 Å². The number of ether oxygens (including phenoxy) is 1. The Kier molecular flexibility index (Phi) is 5.25. The van der Waals surface area contributed by atoms with Crippen molar-refractivity contribution in [3.8, 4) is 0 Å². The van der Waals surface area contributed by atoms with E-state index in [0.29, 0.717) is 12.0 Å². The molecule has 2 atom stereocenters. The van der Waals surface area contributed by atoms with E-state index in [1.807, 2.05) is 23.4 Å². The molecule has 2 fully saturated rings. The molecule has 134 valence electrons. The zero-order valence-electron chi connectivity index (χ0n) is 15.4. The van der Waals surface area contributed by atoms with Crippen LogP contribution in [0.3, 0.4) is 0 Å². The minimum absolute atomic E-state index is 0.152. The highest BCUT2D eigenvalue weighted by atomic mass is 16.5. The second kappa shape index (κ2) is 7.23. The van der Waals surface area contributed by atoms with E-state index >= 15 is 0 Å². The molecule has 3 rings (SSSR count). The number of rotatable bonds is 4. The van der Waals surface area contributed by atoms with Gasteiger partial charge in [-0.2, -0.15) is 5.10 Å². The molecule has 6 heteroatoms. The second-order valence-electron chi connectivity index (χ2n) is 6.96. The van der Waals surface area contributed by atoms with Gasteiger partial charge in [-0.25, -0.2) is 0 Å². The zero-order valence-corrected chi connectivity index (χ0v) is 15.4. The average Bonchev–Trinajstić information content (AvgIpc) is 3.16. The van der Waals surface area contributed by atoms with Crippen molar-refractivity contribution in [2.24, 2.45) is 5.92 Å². The van der Waals surface area contributed by atoms with Crippen molar-refractivity contribution in [1.29, 1.82) is 0 Å². The molecule has 0 spiro atoms. The fraction of sp³-hybridized carbons (Fsp3) is 0.778. The lowest BCUT2D eigenvalue weighted by molar-refractivity contribution is 0.0103. The van der Waals surface area contributed by atoms with Gasteiger partial charge < -0.3 is 9.64 Å². The molecule has 2 saturated heterocycles. The number of morpholine rings is 1. The quantitative estimate of drug-likeness (QED) is 0.841. The Morgan fingerprint density at radius 2 is 1.92 bits per heavy atom. The third kappa shape index (κ3) is 3.09. The van der Waals surface area contributed by atoms with Crippen LogP contribution < -0.4 is 0 Å². The molecule has 2 aliphatic heterocycles. The van der Waals surface area contributed by atoms with Gasteiger partial charge in [-0.3, -0.25) is 14.4 Å². The smallest absolute Gasteiger partial charge is 0.257 e. The maximum absolute atomic E-state index is 13.1. The van der Waals surface area contributed by atoms with Crippen LogP contribution in [-0.2, 0) is 11.3 Å². The summed E-state index contributed by atoms with van der Waals surface area (Å²) >= 11 is 0. The van der Waals surface area contributed by atoms with E-state index in [4.69, 9.17) is 4.74 Å². The molecule has 24 heavy (non-hydrogen) atoms. The summed E-state index contributed by atoms with van der Waals surface area (Å²) in [6.07, 6.45) is 1.11. The lowest BCUT2D eigenvalue weighted by Crippen LogP contribution is -2.47. The molecule has 3 heterocycles. The highest BCUT2D eigenvalue weighted by Crippen LogP contribution is 2.28. The third-order valence-corrected chi connectivity index (χ3v) is 5.63. The molecular formula is C18H30N4O2. The van der Waals surface area contributed by atoms with Crippen molar-refractivity contribution in [2.75, 3.05) is 39.4 Å². The largest absolute Gasteiger partial charge is 0.379 e. The third-order valence-electron chi connectivity index (χ3n) is 5.63. The molecule has 1 amide bonds. The van der Waals surface area contributed by atoms with E-state index in [1.54, 1.807) is 0 Å². The van der Waals surface area contributed by atoms with Crippen LogP contribution in [-0.4, -0.2) is 70.9 Å². The summed E-state index contributed by atoms with van der Waals surface area (Å²) < 4.78 is 7.41. The average molecular weight is 334 g/mol. The first-order chi connectivity index (χ1) is 11.6. The van der Waals surface area contributed by atoms with Crippen LogP contribution in [0.5, 0.6) is 0 Å². The fourth-order valence-electron chi connectivity index (χ4n) is 4.22. The van der Waals surface area contributed by atoms with E-state index < -0.39 is 0 Å². The summed E-state index contributed by atoms with van der Waals surface area (Å²) in [5, 5.41) is 4.51. The minimum Gasteiger partial charge on any atom is -0.379 e. The summed E-state index contributed by atoms with van der Waals surface area (Å²) in [5.41, 5.74) is 2.64. The number of hydrogen-bond acceptors (Lipinski definition) is 4. The number of carbonyl (C=O) groups excluding carboxylic acids is 1. The molecule has 0 aliphatic carbocycles. The van der Waals surface area contributed by atoms with Gasteiger partial charge in [-0.15, -0.1) is 0 Å². The first-order valence-corrected chi connectivity index (χ1v) is 9.21. The molecule has 2 aliphatic rings. The lowest BCUT2D eigenvalue weighted by atomic mass is 9.99. The van der Waals surface area contributed by atoms with Gasteiger partial charge in [0.2, 0.25) is 0 Å². The molecule has 0 N–H and O–H groups in total. The van der Waals surface area contributed by atoms with E-state index in [1.165, 1.54) is 0 Å². The number of hydrogen-bond donors (Lipinski definition) is 0. The zero-order chi connectivity index (χ0) is 17.3. The van der Waals surface area contributed by atoms with Crippen LogP contribution in [0.4, 0.5) is 0 Å². The van der Waals surface area contributed by atoms with Crippen molar-refractivity contribution in [1.82, 2.24) is 19.6 Å². The summed E-state index contributed by atoms with van der Waals surface area (Å²) in [4.78, 5) is 17.7. The second-order valence-corrected chi connectivity index (χ2v) is 6.96.